The molecule has 0 aliphatic rings. The van der Waals surface area contributed by atoms with Crippen LogP contribution >= 0.6 is 0 Å². The summed E-state index contributed by atoms with van der Waals surface area (Å²) in [4.78, 5) is 11.0. The quantitative estimate of drug-likeness (QED) is 0.212. The second-order valence-electron chi connectivity index (χ2n) is 2.65. The first-order chi connectivity index (χ1) is 6.31. The summed E-state index contributed by atoms with van der Waals surface area (Å²) in [6.45, 7) is 4.01. The van der Waals surface area contributed by atoms with Crippen LogP contribution in [0.2, 0.25) is 0 Å². The maximum absolute atomic E-state index is 11.0. The van der Waals surface area contributed by atoms with E-state index in [0.29, 0.717) is 0 Å². The standard InChI is InChI=1S/C12H16O/c1-3-5-7-9-11-12(13)10-8-6-4-2/h4,6,8,10H,3,5,7H2,1-2H3/b6-4+,10-8+. The van der Waals surface area contributed by atoms with Crippen LogP contribution in [0.15, 0.2) is 24.3 Å². The van der Waals surface area contributed by atoms with Gasteiger partial charge in [0.25, 0.3) is 0 Å². The first-order valence-corrected chi connectivity index (χ1v) is 4.63. The normalized spacial score (nSPS) is 10.3. The first kappa shape index (κ1) is 11.7. The number of rotatable bonds is 4. The van der Waals surface area contributed by atoms with Gasteiger partial charge in [0.1, 0.15) is 0 Å². The number of carbonyl (C=O) groups is 1. The van der Waals surface area contributed by atoms with Crippen molar-refractivity contribution in [2.75, 3.05) is 0 Å². The van der Waals surface area contributed by atoms with Crippen LogP contribution in [0.3, 0.4) is 0 Å². The van der Waals surface area contributed by atoms with Crippen LogP contribution in [0.4, 0.5) is 0 Å². The van der Waals surface area contributed by atoms with E-state index in [0.717, 1.165) is 19.3 Å². The van der Waals surface area contributed by atoms with Gasteiger partial charge in [-0.3, -0.25) is 4.79 Å². The highest BCUT2D eigenvalue weighted by atomic mass is 16.1. The molecule has 0 amide bonds. The number of hydrogen-bond acceptors (Lipinski definition) is 1. The summed E-state index contributed by atoms with van der Waals surface area (Å²) in [6.07, 6.45) is 9.88. The molecule has 0 saturated heterocycles. The smallest absolute Gasteiger partial charge is 0.228 e. The van der Waals surface area contributed by atoms with Gasteiger partial charge in [-0.25, -0.2) is 0 Å². The molecule has 0 aromatic heterocycles. The molecule has 0 atom stereocenters. The monoisotopic (exact) mass is 176 g/mol. The summed E-state index contributed by atoms with van der Waals surface area (Å²) in [5.41, 5.74) is 0. The fourth-order valence-corrected chi connectivity index (χ4v) is 0.711. The minimum atomic E-state index is -0.116. The number of allylic oxidation sites excluding steroid dienone is 4. The Balaban J connectivity index is 3.76. The number of carbonyl (C=O) groups excluding carboxylic acids is 1. The molecule has 0 aromatic carbocycles. The molecule has 0 bridgehead atoms. The molecule has 0 aliphatic heterocycles. The van der Waals surface area contributed by atoms with Crippen molar-refractivity contribution < 1.29 is 4.79 Å². The number of ketones is 1. The molecule has 0 fully saturated rings. The molecule has 70 valence electrons. The van der Waals surface area contributed by atoms with Gasteiger partial charge in [0.15, 0.2) is 0 Å². The van der Waals surface area contributed by atoms with Crippen molar-refractivity contribution in [2.45, 2.75) is 33.1 Å². The van der Waals surface area contributed by atoms with Crippen LogP contribution in [0.25, 0.3) is 0 Å². The Morgan fingerprint density at radius 2 is 2.15 bits per heavy atom. The van der Waals surface area contributed by atoms with Gasteiger partial charge in [-0.2, -0.15) is 0 Å². The van der Waals surface area contributed by atoms with Crippen LogP contribution in [0.1, 0.15) is 33.1 Å². The molecule has 0 aliphatic carbocycles. The molecule has 1 heteroatoms. The molecular weight excluding hydrogens is 160 g/mol. The maximum atomic E-state index is 11.0. The van der Waals surface area contributed by atoms with Gasteiger partial charge in [0.05, 0.1) is 0 Å². The lowest BCUT2D eigenvalue weighted by atomic mass is 10.2. The van der Waals surface area contributed by atoms with E-state index < -0.39 is 0 Å². The zero-order chi connectivity index (χ0) is 9.94. The van der Waals surface area contributed by atoms with Crippen molar-refractivity contribution in [3.8, 4) is 11.8 Å². The van der Waals surface area contributed by atoms with Crippen molar-refractivity contribution in [3.63, 3.8) is 0 Å². The second kappa shape index (κ2) is 8.80. The van der Waals surface area contributed by atoms with Gasteiger partial charge >= 0.3 is 0 Å². The summed E-state index contributed by atoms with van der Waals surface area (Å²) in [7, 11) is 0. The van der Waals surface area contributed by atoms with E-state index in [1.807, 2.05) is 19.1 Å². The highest BCUT2D eigenvalue weighted by molar-refractivity contribution is 6.04. The van der Waals surface area contributed by atoms with Gasteiger partial charge < -0.3 is 0 Å². The van der Waals surface area contributed by atoms with Crippen LogP contribution in [-0.2, 0) is 4.79 Å². The minimum Gasteiger partial charge on any atom is -0.280 e. The molecule has 0 rings (SSSR count). The lowest BCUT2D eigenvalue weighted by Crippen LogP contribution is -1.84. The van der Waals surface area contributed by atoms with E-state index >= 15 is 0 Å². The average molecular weight is 176 g/mol. The van der Waals surface area contributed by atoms with Crippen LogP contribution < -0.4 is 0 Å². The molecule has 0 N–H and O–H groups in total. The Bertz CT molecular complexity index is 248. The van der Waals surface area contributed by atoms with Crippen molar-refractivity contribution in [2.24, 2.45) is 0 Å². The van der Waals surface area contributed by atoms with Gasteiger partial charge in [-0.15, -0.1) is 0 Å². The topological polar surface area (TPSA) is 17.1 Å². The Morgan fingerprint density at radius 1 is 1.38 bits per heavy atom. The largest absolute Gasteiger partial charge is 0.280 e. The Hall–Kier alpha value is -1.29. The van der Waals surface area contributed by atoms with E-state index in [9.17, 15) is 4.79 Å². The Labute approximate surface area is 80.5 Å². The molecule has 0 radical (unpaired) electrons. The third kappa shape index (κ3) is 8.62. The maximum Gasteiger partial charge on any atom is 0.228 e. The fourth-order valence-electron chi connectivity index (χ4n) is 0.711. The zero-order valence-electron chi connectivity index (χ0n) is 8.34. The van der Waals surface area contributed by atoms with E-state index in [4.69, 9.17) is 0 Å². The lowest BCUT2D eigenvalue weighted by molar-refractivity contribution is -0.109. The van der Waals surface area contributed by atoms with E-state index in [-0.39, 0.29) is 5.78 Å². The average Bonchev–Trinajstić information content (AvgIpc) is 2.13. The van der Waals surface area contributed by atoms with Crippen molar-refractivity contribution in [3.05, 3.63) is 24.3 Å². The van der Waals surface area contributed by atoms with Crippen LogP contribution in [0, 0.1) is 11.8 Å². The summed E-state index contributed by atoms with van der Waals surface area (Å²) < 4.78 is 0. The molecule has 0 unspecified atom stereocenters. The highest BCUT2D eigenvalue weighted by Crippen LogP contribution is 1.90. The van der Waals surface area contributed by atoms with Gasteiger partial charge in [0, 0.05) is 6.42 Å². The van der Waals surface area contributed by atoms with E-state index in [1.165, 1.54) is 6.08 Å². The lowest BCUT2D eigenvalue weighted by Gasteiger charge is -1.82. The van der Waals surface area contributed by atoms with Crippen LogP contribution in [0.5, 0.6) is 0 Å². The predicted octanol–water partition coefficient (Wildman–Crippen LogP) is 2.88. The third-order valence-electron chi connectivity index (χ3n) is 1.42. The van der Waals surface area contributed by atoms with Gasteiger partial charge in [0.2, 0.25) is 5.78 Å². The summed E-state index contributed by atoms with van der Waals surface area (Å²) in [5, 5.41) is 0. The van der Waals surface area contributed by atoms with E-state index in [1.54, 1.807) is 6.08 Å². The molecule has 1 nitrogen and oxygen atoms in total. The van der Waals surface area contributed by atoms with Gasteiger partial charge in [-0.05, 0) is 25.3 Å². The summed E-state index contributed by atoms with van der Waals surface area (Å²) in [5.74, 6) is 5.29. The summed E-state index contributed by atoms with van der Waals surface area (Å²) in [6, 6.07) is 0. The number of hydrogen-bond donors (Lipinski definition) is 0. The Morgan fingerprint density at radius 3 is 2.77 bits per heavy atom. The second-order valence-corrected chi connectivity index (χ2v) is 2.65. The Kier molecular flexibility index (Phi) is 7.93. The minimum absolute atomic E-state index is 0.116. The molecule has 0 heterocycles. The predicted molar refractivity (Wildman–Crippen MR) is 56.3 cm³/mol. The van der Waals surface area contributed by atoms with Crippen molar-refractivity contribution in [1.29, 1.82) is 0 Å². The molecule has 0 aromatic rings. The van der Waals surface area contributed by atoms with Crippen LogP contribution in [-0.4, -0.2) is 5.78 Å². The van der Waals surface area contributed by atoms with Crippen molar-refractivity contribution >= 4 is 5.78 Å². The van der Waals surface area contributed by atoms with Crippen molar-refractivity contribution in [1.82, 2.24) is 0 Å². The summed E-state index contributed by atoms with van der Waals surface area (Å²) >= 11 is 0. The van der Waals surface area contributed by atoms with E-state index in [2.05, 4.69) is 18.8 Å². The fraction of sp³-hybridized carbons (Fsp3) is 0.417. The SMILES string of the molecule is C/C=C/C=C/C(=O)C#CCCCC. The third-order valence-corrected chi connectivity index (χ3v) is 1.42. The molecule has 0 spiro atoms. The number of unbranched alkanes of at least 4 members (excludes halogenated alkanes) is 2. The molecule has 13 heavy (non-hydrogen) atoms. The molecule has 0 saturated carbocycles. The zero-order valence-corrected chi connectivity index (χ0v) is 8.34. The first-order valence-electron chi connectivity index (χ1n) is 4.63. The highest BCUT2D eigenvalue weighted by Gasteiger charge is 1.84. The molecular formula is C12H16O. The van der Waals surface area contributed by atoms with Gasteiger partial charge in [-0.1, -0.05) is 37.5 Å².